The molecule has 5 heteroatoms. The lowest BCUT2D eigenvalue weighted by Crippen LogP contribution is -1.98. The van der Waals surface area contributed by atoms with Crippen molar-refractivity contribution in [3.05, 3.63) is 69.7 Å². The number of para-hydroxylation sites is 2. The number of aryl methyl sites for hydroxylation is 1. The molecule has 2 aromatic carbocycles. The van der Waals surface area contributed by atoms with Crippen molar-refractivity contribution in [3.8, 4) is 17.3 Å². The highest BCUT2D eigenvalue weighted by Gasteiger charge is 2.16. The molecule has 2 heterocycles. The van der Waals surface area contributed by atoms with Crippen molar-refractivity contribution < 1.29 is 0 Å². The average Bonchev–Trinajstić information content (AvgIpc) is 2.96. The first-order chi connectivity index (χ1) is 11.6. The van der Waals surface area contributed by atoms with Gasteiger partial charge in [0, 0.05) is 5.56 Å². The molecule has 0 radical (unpaired) electrons. The maximum Gasteiger partial charge on any atom is 0.156 e. The van der Waals surface area contributed by atoms with E-state index in [4.69, 9.17) is 23.2 Å². The maximum absolute atomic E-state index is 9.54. The molecule has 0 aliphatic heterocycles. The zero-order valence-electron chi connectivity index (χ0n) is 12.7. The van der Waals surface area contributed by atoms with Crippen LogP contribution in [-0.4, -0.2) is 9.38 Å². The van der Waals surface area contributed by atoms with Crippen LogP contribution in [0.5, 0.6) is 0 Å². The van der Waals surface area contributed by atoms with Gasteiger partial charge in [-0.25, -0.2) is 4.98 Å². The van der Waals surface area contributed by atoms with Crippen LogP contribution in [0, 0.1) is 18.3 Å². The summed E-state index contributed by atoms with van der Waals surface area (Å²) in [5.74, 6) is 0. The molecule has 0 amide bonds. The van der Waals surface area contributed by atoms with Gasteiger partial charge in [-0.2, -0.15) is 5.26 Å². The van der Waals surface area contributed by atoms with Gasteiger partial charge < -0.3 is 0 Å². The van der Waals surface area contributed by atoms with Crippen LogP contribution in [0.25, 0.3) is 27.9 Å². The second-order valence-corrected chi connectivity index (χ2v) is 6.40. The topological polar surface area (TPSA) is 41.1 Å². The number of benzene rings is 2. The first-order valence-corrected chi connectivity index (χ1v) is 8.12. The van der Waals surface area contributed by atoms with E-state index in [1.54, 1.807) is 6.07 Å². The van der Waals surface area contributed by atoms with E-state index < -0.39 is 0 Å². The van der Waals surface area contributed by atoms with E-state index in [1.165, 1.54) is 0 Å². The molecule has 4 rings (SSSR count). The van der Waals surface area contributed by atoms with Crippen LogP contribution in [0.3, 0.4) is 0 Å². The minimum absolute atomic E-state index is 0.494. The van der Waals surface area contributed by atoms with Crippen LogP contribution in [-0.2, 0) is 0 Å². The second-order valence-electron chi connectivity index (χ2n) is 5.59. The molecule has 2 aromatic heterocycles. The molecule has 0 unspecified atom stereocenters. The van der Waals surface area contributed by atoms with E-state index in [9.17, 15) is 5.26 Å². The molecule has 0 fully saturated rings. The Bertz CT molecular complexity index is 1150. The third-order valence-electron chi connectivity index (χ3n) is 4.10. The summed E-state index contributed by atoms with van der Waals surface area (Å²) in [6, 6.07) is 17.6. The van der Waals surface area contributed by atoms with Gasteiger partial charge in [-0.3, -0.25) is 4.40 Å². The molecule has 3 nitrogen and oxygen atoms in total. The summed E-state index contributed by atoms with van der Waals surface area (Å²) < 4.78 is 2.00. The summed E-state index contributed by atoms with van der Waals surface area (Å²) in [6.45, 7) is 1.92. The minimum Gasteiger partial charge on any atom is -0.291 e. The minimum atomic E-state index is 0.494. The summed E-state index contributed by atoms with van der Waals surface area (Å²) in [5.41, 5.74) is 5.75. The second kappa shape index (κ2) is 5.52. The normalized spacial score (nSPS) is 11.1. The van der Waals surface area contributed by atoms with E-state index in [2.05, 4.69) is 11.1 Å². The maximum atomic E-state index is 9.54. The van der Waals surface area contributed by atoms with Crippen LogP contribution in [0.2, 0.25) is 10.0 Å². The van der Waals surface area contributed by atoms with E-state index >= 15 is 0 Å². The van der Waals surface area contributed by atoms with Gasteiger partial charge in [-0.1, -0.05) is 41.4 Å². The van der Waals surface area contributed by atoms with Crippen molar-refractivity contribution in [2.75, 3.05) is 0 Å². The Labute approximate surface area is 148 Å². The van der Waals surface area contributed by atoms with Crippen LogP contribution < -0.4 is 0 Å². The molecule has 0 aliphatic rings. The predicted octanol–water partition coefficient (Wildman–Crippen LogP) is 5.64. The highest BCUT2D eigenvalue weighted by Crippen LogP contribution is 2.33. The van der Waals surface area contributed by atoms with Crippen LogP contribution >= 0.6 is 23.2 Å². The Morgan fingerprint density at radius 1 is 1.04 bits per heavy atom. The van der Waals surface area contributed by atoms with E-state index in [-0.39, 0.29) is 0 Å². The first-order valence-electron chi connectivity index (χ1n) is 7.36. The zero-order chi connectivity index (χ0) is 16.8. The largest absolute Gasteiger partial charge is 0.291 e. The Morgan fingerprint density at radius 3 is 2.58 bits per heavy atom. The van der Waals surface area contributed by atoms with E-state index in [1.807, 2.05) is 53.8 Å². The quantitative estimate of drug-likeness (QED) is 0.445. The number of halogens is 2. The average molecular weight is 352 g/mol. The number of pyridine rings is 1. The van der Waals surface area contributed by atoms with E-state index in [0.29, 0.717) is 21.3 Å². The van der Waals surface area contributed by atoms with Gasteiger partial charge in [0.15, 0.2) is 5.65 Å². The molecule has 0 saturated carbocycles. The number of hydrogen-bond donors (Lipinski definition) is 0. The lowest BCUT2D eigenvalue weighted by Gasteiger charge is -2.11. The Morgan fingerprint density at radius 2 is 1.83 bits per heavy atom. The van der Waals surface area contributed by atoms with Gasteiger partial charge in [-0.15, -0.1) is 0 Å². The molecule has 0 atom stereocenters. The fourth-order valence-corrected chi connectivity index (χ4v) is 3.26. The summed E-state index contributed by atoms with van der Waals surface area (Å²) in [5, 5.41) is 10.5. The number of rotatable bonds is 1. The number of nitrogens with zero attached hydrogens (tertiary/aromatic N) is 3. The lowest BCUT2D eigenvalue weighted by atomic mass is 10.1. The van der Waals surface area contributed by atoms with Crippen molar-refractivity contribution >= 4 is 39.9 Å². The van der Waals surface area contributed by atoms with Crippen molar-refractivity contribution in [1.82, 2.24) is 9.38 Å². The molecule has 4 aromatic rings. The Balaban J connectivity index is 2.19. The lowest BCUT2D eigenvalue weighted by molar-refractivity contribution is 1.19. The first kappa shape index (κ1) is 15.0. The number of fused-ring (bicyclic) bond motifs is 3. The molecule has 0 spiro atoms. The van der Waals surface area contributed by atoms with Gasteiger partial charge in [0.1, 0.15) is 6.07 Å². The third kappa shape index (κ3) is 2.16. The molecular formula is C19H11Cl2N3. The molecule has 0 saturated heterocycles. The van der Waals surface area contributed by atoms with Gasteiger partial charge in [-0.05, 0) is 42.8 Å². The zero-order valence-corrected chi connectivity index (χ0v) is 14.2. The van der Waals surface area contributed by atoms with Gasteiger partial charge in [0.2, 0.25) is 0 Å². The fraction of sp³-hybridized carbons (Fsp3) is 0.0526. The molecule has 24 heavy (non-hydrogen) atoms. The summed E-state index contributed by atoms with van der Waals surface area (Å²) in [4.78, 5) is 4.65. The Kier molecular flexibility index (Phi) is 3.45. The standard InChI is InChI=1S/C19H11Cl2N3/c1-11-8-18(12-6-7-14(20)15(21)9-12)24-17-5-3-2-4-16(17)23-19(24)13(11)10-22/h2-9H,1H3. The number of aromatic nitrogens is 2. The number of imidazole rings is 1. The Hall–Kier alpha value is -2.54. The molecule has 116 valence electrons. The molecule has 0 bridgehead atoms. The van der Waals surface area contributed by atoms with Crippen LogP contribution in [0.4, 0.5) is 0 Å². The van der Waals surface area contributed by atoms with Gasteiger partial charge in [0.05, 0.1) is 32.3 Å². The van der Waals surface area contributed by atoms with Crippen molar-refractivity contribution in [3.63, 3.8) is 0 Å². The molecule has 0 aliphatic carbocycles. The van der Waals surface area contributed by atoms with Crippen LogP contribution in [0.15, 0.2) is 48.5 Å². The highest BCUT2D eigenvalue weighted by atomic mass is 35.5. The van der Waals surface area contributed by atoms with Crippen LogP contribution in [0.1, 0.15) is 11.1 Å². The monoisotopic (exact) mass is 351 g/mol. The van der Waals surface area contributed by atoms with Crippen molar-refractivity contribution in [2.45, 2.75) is 6.92 Å². The third-order valence-corrected chi connectivity index (χ3v) is 4.84. The predicted molar refractivity (Wildman–Crippen MR) is 97.6 cm³/mol. The summed E-state index contributed by atoms with van der Waals surface area (Å²) >= 11 is 12.2. The highest BCUT2D eigenvalue weighted by molar-refractivity contribution is 6.42. The van der Waals surface area contributed by atoms with Crippen molar-refractivity contribution in [1.29, 1.82) is 5.26 Å². The van der Waals surface area contributed by atoms with Crippen molar-refractivity contribution in [2.24, 2.45) is 0 Å². The molecule has 0 N–H and O–H groups in total. The van der Waals surface area contributed by atoms with Gasteiger partial charge >= 0.3 is 0 Å². The number of hydrogen-bond acceptors (Lipinski definition) is 2. The fourth-order valence-electron chi connectivity index (χ4n) is 2.96. The van der Waals surface area contributed by atoms with E-state index in [0.717, 1.165) is 27.9 Å². The molecular weight excluding hydrogens is 341 g/mol. The number of nitriles is 1. The SMILES string of the molecule is Cc1cc(-c2ccc(Cl)c(Cl)c2)n2c(nc3ccccc32)c1C#N. The summed E-state index contributed by atoms with van der Waals surface area (Å²) in [7, 11) is 0. The smallest absolute Gasteiger partial charge is 0.156 e. The summed E-state index contributed by atoms with van der Waals surface area (Å²) in [6.07, 6.45) is 0. The van der Waals surface area contributed by atoms with Gasteiger partial charge in [0.25, 0.3) is 0 Å².